The Balaban J connectivity index is 1.75. The lowest BCUT2D eigenvalue weighted by molar-refractivity contribution is 0.120. The van der Waals surface area contributed by atoms with Crippen LogP contribution >= 0.6 is 0 Å². The van der Waals surface area contributed by atoms with E-state index in [0.717, 1.165) is 48.7 Å². The summed E-state index contributed by atoms with van der Waals surface area (Å²) < 4.78 is 7.81. The lowest BCUT2D eigenvalue weighted by Crippen LogP contribution is -2.19. The Morgan fingerprint density at radius 1 is 1.25 bits per heavy atom. The number of hydrogen-bond acceptors (Lipinski definition) is 4. The van der Waals surface area contributed by atoms with Crippen LogP contribution in [0.3, 0.4) is 0 Å². The molecule has 2 aromatic heterocycles. The van der Waals surface area contributed by atoms with Crippen molar-refractivity contribution in [1.82, 2.24) is 9.38 Å². The number of phenolic OH excluding ortho intramolecular Hbond substituents is 1. The zero-order valence-corrected chi connectivity index (χ0v) is 13.7. The number of rotatable bonds is 4. The van der Waals surface area contributed by atoms with Crippen LogP contribution in [0.5, 0.6) is 5.75 Å². The largest absolute Gasteiger partial charge is 0.508 e. The number of benzene rings is 1. The van der Waals surface area contributed by atoms with Crippen molar-refractivity contribution in [3.8, 4) is 17.0 Å². The molecule has 24 heavy (non-hydrogen) atoms. The topological polar surface area (TPSA) is 58.8 Å². The molecule has 1 unspecified atom stereocenters. The van der Waals surface area contributed by atoms with Crippen LogP contribution in [-0.2, 0) is 4.74 Å². The second kappa shape index (κ2) is 6.17. The average molecular weight is 323 g/mol. The number of fused-ring (bicyclic) bond motifs is 1. The van der Waals surface area contributed by atoms with Gasteiger partial charge in [-0.3, -0.25) is 4.40 Å². The Labute approximate surface area is 140 Å². The smallest absolute Gasteiger partial charge is 0.139 e. The predicted octanol–water partition coefficient (Wildman–Crippen LogP) is 3.61. The number of hydrogen-bond donors (Lipinski definition) is 2. The fraction of sp³-hybridized carbons (Fsp3) is 0.316. The van der Waals surface area contributed by atoms with Gasteiger partial charge >= 0.3 is 0 Å². The molecular formula is C19H21N3O2. The van der Waals surface area contributed by atoms with Gasteiger partial charge in [0, 0.05) is 24.9 Å². The number of pyridine rings is 1. The number of ether oxygens (including phenoxy) is 1. The molecule has 1 saturated heterocycles. The normalized spacial score (nSPS) is 17.5. The third kappa shape index (κ3) is 2.83. The van der Waals surface area contributed by atoms with Crippen LogP contribution < -0.4 is 5.32 Å². The first-order valence-corrected chi connectivity index (χ1v) is 8.34. The minimum Gasteiger partial charge on any atom is -0.508 e. The Hall–Kier alpha value is -2.53. The molecule has 5 heteroatoms. The standard InChI is InChI=1S/C19H21N3O2/c1-13-4-9-17-21-18(14-5-7-15(23)8-6-14)19(22(17)12-13)20-11-16-3-2-10-24-16/h4-9,12,16,20,23H,2-3,10-11H2,1H3. The molecule has 0 aliphatic carbocycles. The zero-order chi connectivity index (χ0) is 16.5. The van der Waals surface area contributed by atoms with Crippen LogP contribution in [0, 0.1) is 6.92 Å². The molecule has 124 valence electrons. The highest BCUT2D eigenvalue weighted by molar-refractivity contribution is 5.77. The van der Waals surface area contributed by atoms with E-state index < -0.39 is 0 Å². The summed E-state index contributed by atoms with van der Waals surface area (Å²) in [6.07, 6.45) is 4.57. The summed E-state index contributed by atoms with van der Waals surface area (Å²) in [4.78, 5) is 4.78. The molecule has 2 N–H and O–H groups in total. The molecule has 1 fully saturated rings. The van der Waals surface area contributed by atoms with Crippen LogP contribution in [0.25, 0.3) is 16.9 Å². The number of phenols is 1. The van der Waals surface area contributed by atoms with Crippen molar-refractivity contribution >= 4 is 11.5 Å². The number of aromatic hydroxyl groups is 1. The summed E-state index contributed by atoms with van der Waals surface area (Å²) in [5.41, 5.74) is 3.94. The molecule has 0 saturated carbocycles. The summed E-state index contributed by atoms with van der Waals surface area (Å²) in [5, 5.41) is 13.1. The maximum Gasteiger partial charge on any atom is 0.139 e. The Morgan fingerprint density at radius 2 is 2.08 bits per heavy atom. The first-order chi connectivity index (χ1) is 11.7. The summed E-state index contributed by atoms with van der Waals surface area (Å²) >= 11 is 0. The van der Waals surface area contributed by atoms with Crippen molar-refractivity contribution in [2.24, 2.45) is 0 Å². The highest BCUT2D eigenvalue weighted by atomic mass is 16.5. The van der Waals surface area contributed by atoms with E-state index in [0.29, 0.717) is 0 Å². The molecule has 0 radical (unpaired) electrons. The number of aryl methyl sites for hydroxylation is 1. The molecule has 0 amide bonds. The Morgan fingerprint density at radius 3 is 2.83 bits per heavy atom. The van der Waals surface area contributed by atoms with Gasteiger partial charge in [-0.25, -0.2) is 4.98 Å². The third-order valence-electron chi connectivity index (χ3n) is 4.43. The van der Waals surface area contributed by atoms with Gasteiger partial charge in [0.05, 0.1) is 6.10 Å². The first-order valence-electron chi connectivity index (χ1n) is 8.34. The van der Waals surface area contributed by atoms with E-state index in [4.69, 9.17) is 9.72 Å². The fourth-order valence-electron chi connectivity index (χ4n) is 3.16. The van der Waals surface area contributed by atoms with Crippen molar-refractivity contribution < 1.29 is 9.84 Å². The lowest BCUT2D eigenvalue weighted by Gasteiger charge is -2.13. The molecule has 3 aromatic rings. The van der Waals surface area contributed by atoms with E-state index in [1.54, 1.807) is 12.1 Å². The second-order valence-corrected chi connectivity index (χ2v) is 6.31. The van der Waals surface area contributed by atoms with Gasteiger partial charge in [-0.1, -0.05) is 6.07 Å². The molecule has 1 aromatic carbocycles. The fourth-order valence-corrected chi connectivity index (χ4v) is 3.16. The first kappa shape index (κ1) is 15.0. The minimum absolute atomic E-state index is 0.257. The van der Waals surface area contributed by atoms with Crippen molar-refractivity contribution in [2.45, 2.75) is 25.9 Å². The molecule has 5 nitrogen and oxygen atoms in total. The van der Waals surface area contributed by atoms with Crippen LogP contribution in [0.4, 0.5) is 5.82 Å². The molecule has 3 heterocycles. The van der Waals surface area contributed by atoms with Crippen LogP contribution in [0.2, 0.25) is 0 Å². The highest BCUT2D eigenvalue weighted by Crippen LogP contribution is 2.30. The van der Waals surface area contributed by atoms with Crippen molar-refractivity contribution in [2.75, 3.05) is 18.5 Å². The van der Waals surface area contributed by atoms with Gasteiger partial charge in [0.2, 0.25) is 0 Å². The Bertz CT molecular complexity index is 849. The maximum absolute atomic E-state index is 9.54. The summed E-state index contributed by atoms with van der Waals surface area (Å²) in [7, 11) is 0. The van der Waals surface area contributed by atoms with E-state index in [2.05, 4.69) is 28.9 Å². The van der Waals surface area contributed by atoms with Gasteiger partial charge < -0.3 is 15.2 Å². The number of imidazole rings is 1. The second-order valence-electron chi connectivity index (χ2n) is 6.31. The third-order valence-corrected chi connectivity index (χ3v) is 4.43. The van der Waals surface area contributed by atoms with Gasteiger partial charge in [-0.15, -0.1) is 0 Å². The molecular weight excluding hydrogens is 302 g/mol. The van der Waals surface area contributed by atoms with Crippen molar-refractivity contribution in [1.29, 1.82) is 0 Å². The van der Waals surface area contributed by atoms with E-state index >= 15 is 0 Å². The van der Waals surface area contributed by atoms with Crippen molar-refractivity contribution in [3.05, 3.63) is 48.2 Å². The highest BCUT2D eigenvalue weighted by Gasteiger charge is 2.19. The Kier molecular flexibility index (Phi) is 3.86. The number of aromatic nitrogens is 2. The van der Waals surface area contributed by atoms with Gasteiger partial charge in [0.1, 0.15) is 22.9 Å². The van der Waals surface area contributed by atoms with Gasteiger partial charge in [0.25, 0.3) is 0 Å². The number of nitrogens with one attached hydrogen (secondary N) is 1. The van der Waals surface area contributed by atoms with Crippen molar-refractivity contribution in [3.63, 3.8) is 0 Å². The zero-order valence-electron chi connectivity index (χ0n) is 13.7. The molecule has 1 aliphatic rings. The monoisotopic (exact) mass is 323 g/mol. The lowest BCUT2D eigenvalue weighted by atomic mass is 10.1. The van der Waals surface area contributed by atoms with E-state index in [1.165, 1.54) is 5.56 Å². The average Bonchev–Trinajstić information content (AvgIpc) is 3.21. The SMILES string of the molecule is Cc1ccc2nc(-c3ccc(O)cc3)c(NCC3CCCO3)n2c1. The number of nitrogens with zero attached hydrogens (tertiary/aromatic N) is 2. The van der Waals surface area contributed by atoms with Gasteiger partial charge in [-0.2, -0.15) is 0 Å². The minimum atomic E-state index is 0.257. The molecule has 1 aliphatic heterocycles. The molecule has 4 rings (SSSR count). The van der Waals surface area contributed by atoms with Crippen LogP contribution in [0.1, 0.15) is 18.4 Å². The predicted molar refractivity (Wildman–Crippen MR) is 94.5 cm³/mol. The summed E-state index contributed by atoms with van der Waals surface area (Å²) in [5.74, 6) is 1.22. The van der Waals surface area contributed by atoms with Gasteiger partial charge in [0.15, 0.2) is 0 Å². The van der Waals surface area contributed by atoms with Crippen LogP contribution in [-0.4, -0.2) is 33.7 Å². The number of anilines is 1. The van der Waals surface area contributed by atoms with E-state index in [-0.39, 0.29) is 11.9 Å². The summed E-state index contributed by atoms with van der Waals surface area (Å²) in [6, 6.07) is 11.2. The molecule has 0 spiro atoms. The maximum atomic E-state index is 9.54. The quantitative estimate of drug-likeness (QED) is 0.770. The molecule has 0 bridgehead atoms. The van der Waals surface area contributed by atoms with E-state index in [1.807, 2.05) is 18.2 Å². The van der Waals surface area contributed by atoms with Gasteiger partial charge in [-0.05, 0) is 55.7 Å². The van der Waals surface area contributed by atoms with Crippen LogP contribution in [0.15, 0.2) is 42.6 Å². The molecule has 1 atom stereocenters. The summed E-state index contributed by atoms with van der Waals surface area (Å²) in [6.45, 7) is 3.69. The van der Waals surface area contributed by atoms with E-state index in [9.17, 15) is 5.11 Å².